The number of nitrogens with zero attached hydrogens (tertiary/aromatic N) is 3. The summed E-state index contributed by atoms with van der Waals surface area (Å²) in [5.74, 6) is 0.682. The summed E-state index contributed by atoms with van der Waals surface area (Å²) >= 11 is 0. The Morgan fingerprint density at radius 1 is 1.08 bits per heavy atom. The Morgan fingerprint density at radius 3 is 2.54 bits per heavy atom. The number of H-pyrrole nitrogens is 1. The molecule has 26 heavy (non-hydrogen) atoms. The van der Waals surface area contributed by atoms with Crippen LogP contribution in [0, 0.1) is 12.8 Å². The fourth-order valence-corrected chi connectivity index (χ4v) is 5.13. The molecule has 4 heterocycles. The fraction of sp³-hybridized carbons (Fsp3) is 0.524. The van der Waals surface area contributed by atoms with Crippen molar-refractivity contribution in [2.75, 3.05) is 19.6 Å². The lowest BCUT2D eigenvalue weighted by molar-refractivity contribution is 0.0575. The average Bonchev–Trinajstić information content (AvgIpc) is 3.17. The van der Waals surface area contributed by atoms with Crippen molar-refractivity contribution in [3.8, 4) is 0 Å². The van der Waals surface area contributed by atoms with Gasteiger partial charge in [-0.25, -0.2) is 0 Å². The lowest BCUT2D eigenvalue weighted by Crippen LogP contribution is -2.48. The molecule has 0 saturated carbocycles. The van der Waals surface area contributed by atoms with E-state index >= 15 is 0 Å². The number of amides is 1. The highest BCUT2D eigenvalue weighted by atomic mass is 16.2. The van der Waals surface area contributed by atoms with Crippen molar-refractivity contribution in [3.63, 3.8) is 0 Å². The first kappa shape index (κ1) is 16.1. The SMILES string of the molecule is Cc1cc(C(=O)N2C[C@H]3CC[C@@H]2CN(C2Cc4ccccc4C2)C3)n[nH]1. The molecule has 5 heteroatoms. The molecule has 5 nitrogen and oxygen atoms in total. The minimum absolute atomic E-state index is 0.0978. The van der Waals surface area contributed by atoms with Crippen LogP contribution in [0.2, 0.25) is 0 Å². The highest BCUT2D eigenvalue weighted by Gasteiger charge is 2.40. The molecule has 6 rings (SSSR count). The Hall–Kier alpha value is -2.14. The van der Waals surface area contributed by atoms with Gasteiger partial charge >= 0.3 is 0 Å². The lowest BCUT2D eigenvalue weighted by atomic mass is 9.94. The van der Waals surface area contributed by atoms with Gasteiger partial charge in [0.25, 0.3) is 5.91 Å². The minimum atomic E-state index is 0.0978. The van der Waals surface area contributed by atoms with E-state index in [4.69, 9.17) is 0 Å². The standard InChI is InChI=1S/C21H26N4O/c1-14-8-20(23-22-14)21(26)25-12-15-6-7-18(25)13-24(11-15)19-9-16-4-2-3-5-17(16)10-19/h2-5,8,15,18-19H,6-7,9-13H2,1H3,(H,22,23)/t15-,18+/m0/s1. The number of piperidine rings is 1. The molecule has 1 aromatic heterocycles. The molecule has 1 aromatic carbocycles. The van der Waals surface area contributed by atoms with Gasteiger partial charge in [0.15, 0.2) is 0 Å². The summed E-state index contributed by atoms with van der Waals surface area (Å²) in [6.45, 7) is 4.95. The molecule has 1 amide bonds. The number of fused-ring (bicyclic) bond motifs is 5. The summed E-state index contributed by atoms with van der Waals surface area (Å²) in [6, 6.07) is 11.6. The van der Waals surface area contributed by atoms with E-state index in [0.29, 0.717) is 23.7 Å². The molecule has 2 bridgehead atoms. The number of carbonyl (C=O) groups is 1. The van der Waals surface area contributed by atoms with E-state index in [-0.39, 0.29) is 5.91 Å². The molecule has 2 atom stereocenters. The third-order valence-electron chi connectivity index (χ3n) is 6.47. The van der Waals surface area contributed by atoms with Crippen LogP contribution in [0.15, 0.2) is 30.3 Å². The van der Waals surface area contributed by atoms with Crippen LogP contribution in [0.4, 0.5) is 0 Å². The highest BCUT2D eigenvalue weighted by Crippen LogP contribution is 2.33. The number of hydrogen-bond donors (Lipinski definition) is 1. The van der Waals surface area contributed by atoms with Crippen molar-refractivity contribution in [1.82, 2.24) is 20.0 Å². The smallest absolute Gasteiger partial charge is 0.274 e. The minimum Gasteiger partial charge on any atom is -0.333 e. The maximum Gasteiger partial charge on any atom is 0.274 e. The summed E-state index contributed by atoms with van der Waals surface area (Å²) < 4.78 is 0. The molecule has 1 N–H and O–H groups in total. The van der Waals surface area contributed by atoms with Crippen molar-refractivity contribution >= 4 is 5.91 Å². The monoisotopic (exact) mass is 350 g/mol. The van der Waals surface area contributed by atoms with Gasteiger partial charge in [0.1, 0.15) is 5.69 Å². The quantitative estimate of drug-likeness (QED) is 0.905. The molecule has 4 aliphatic rings. The topological polar surface area (TPSA) is 52.2 Å². The Morgan fingerprint density at radius 2 is 1.85 bits per heavy atom. The van der Waals surface area contributed by atoms with Gasteiger partial charge in [-0.05, 0) is 55.7 Å². The van der Waals surface area contributed by atoms with Crippen molar-refractivity contribution in [2.24, 2.45) is 5.92 Å². The maximum absolute atomic E-state index is 13.0. The number of nitrogens with one attached hydrogen (secondary N) is 1. The van der Waals surface area contributed by atoms with Crippen LogP contribution in [-0.2, 0) is 12.8 Å². The molecule has 0 unspecified atom stereocenters. The maximum atomic E-state index is 13.0. The van der Waals surface area contributed by atoms with Crippen molar-refractivity contribution in [1.29, 1.82) is 0 Å². The number of aryl methyl sites for hydroxylation is 1. The van der Waals surface area contributed by atoms with E-state index in [9.17, 15) is 4.79 Å². The molecule has 136 valence electrons. The van der Waals surface area contributed by atoms with Crippen LogP contribution >= 0.6 is 0 Å². The highest BCUT2D eigenvalue weighted by molar-refractivity contribution is 5.92. The van der Waals surface area contributed by atoms with Gasteiger partial charge in [-0.2, -0.15) is 5.10 Å². The van der Waals surface area contributed by atoms with Gasteiger partial charge in [0, 0.05) is 37.4 Å². The number of hydrogen-bond acceptors (Lipinski definition) is 3. The Balaban J connectivity index is 1.34. The largest absolute Gasteiger partial charge is 0.333 e. The first-order chi connectivity index (χ1) is 12.7. The van der Waals surface area contributed by atoms with E-state index in [1.807, 2.05) is 13.0 Å². The van der Waals surface area contributed by atoms with Crippen LogP contribution in [-0.4, -0.2) is 57.6 Å². The second-order valence-corrected chi connectivity index (χ2v) is 8.28. The van der Waals surface area contributed by atoms with Crippen LogP contribution in [0.1, 0.15) is 40.2 Å². The van der Waals surface area contributed by atoms with Gasteiger partial charge in [0.2, 0.25) is 0 Å². The zero-order chi connectivity index (χ0) is 17.7. The number of carbonyl (C=O) groups excluding carboxylic acids is 1. The Bertz CT molecular complexity index is 804. The summed E-state index contributed by atoms with van der Waals surface area (Å²) in [5.41, 5.74) is 4.52. The number of rotatable bonds is 2. The van der Waals surface area contributed by atoms with E-state index in [0.717, 1.165) is 44.6 Å². The second-order valence-electron chi connectivity index (χ2n) is 8.28. The molecule has 0 spiro atoms. The van der Waals surface area contributed by atoms with E-state index in [2.05, 4.69) is 44.3 Å². The van der Waals surface area contributed by atoms with Crippen LogP contribution in [0.25, 0.3) is 0 Å². The van der Waals surface area contributed by atoms with Crippen molar-refractivity contribution in [2.45, 2.75) is 44.7 Å². The molecule has 0 radical (unpaired) electrons. The Labute approximate surface area is 154 Å². The molecule has 3 fully saturated rings. The summed E-state index contributed by atoms with van der Waals surface area (Å²) in [7, 11) is 0. The predicted molar refractivity (Wildman–Crippen MR) is 100 cm³/mol. The molecule has 3 saturated heterocycles. The second kappa shape index (κ2) is 6.23. The van der Waals surface area contributed by atoms with E-state index in [1.54, 1.807) is 0 Å². The zero-order valence-corrected chi connectivity index (χ0v) is 15.3. The summed E-state index contributed by atoms with van der Waals surface area (Å²) in [6.07, 6.45) is 4.67. The molecular formula is C21H26N4O. The van der Waals surface area contributed by atoms with Crippen LogP contribution in [0.3, 0.4) is 0 Å². The van der Waals surface area contributed by atoms with Gasteiger partial charge in [0.05, 0.1) is 0 Å². The first-order valence-electron chi connectivity index (χ1n) is 9.81. The molecule has 1 aliphatic carbocycles. The molecule has 3 aliphatic heterocycles. The number of aromatic amines is 1. The van der Waals surface area contributed by atoms with Gasteiger partial charge in [-0.1, -0.05) is 24.3 Å². The molecule has 2 aromatic rings. The van der Waals surface area contributed by atoms with E-state index < -0.39 is 0 Å². The lowest BCUT2D eigenvalue weighted by Gasteiger charge is -2.36. The zero-order valence-electron chi connectivity index (χ0n) is 15.3. The normalized spacial score (nSPS) is 26.1. The average molecular weight is 350 g/mol. The number of aromatic nitrogens is 2. The van der Waals surface area contributed by atoms with Crippen LogP contribution < -0.4 is 0 Å². The van der Waals surface area contributed by atoms with Gasteiger partial charge in [-0.15, -0.1) is 0 Å². The number of benzene rings is 1. The van der Waals surface area contributed by atoms with Gasteiger partial charge in [-0.3, -0.25) is 14.8 Å². The van der Waals surface area contributed by atoms with E-state index in [1.165, 1.54) is 17.5 Å². The third kappa shape index (κ3) is 2.75. The first-order valence-corrected chi connectivity index (χ1v) is 9.81. The summed E-state index contributed by atoms with van der Waals surface area (Å²) in [5, 5.41) is 7.10. The third-order valence-corrected chi connectivity index (χ3v) is 6.47. The van der Waals surface area contributed by atoms with Crippen molar-refractivity contribution in [3.05, 3.63) is 52.8 Å². The summed E-state index contributed by atoms with van der Waals surface area (Å²) in [4.78, 5) is 17.8. The fourth-order valence-electron chi connectivity index (χ4n) is 5.13. The Kier molecular flexibility index (Phi) is 3.85. The predicted octanol–water partition coefficient (Wildman–Crippen LogP) is 2.42. The van der Waals surface area contributed by atoms with Crippen molar-refractivity contribution < 1.29 is 4.79 Å². The molecular weight excluding hydrogens is 324 g/mol. The van der Waals surface area contributed by atoms with Crippen LogP contribution in [0.5, 0.6) is 0 Å². The van der Waals surface area contributed by atoms with Gasteiger partial charge < -0.3 is 4.90 Å².